The topological polar surface area (TPSA) is 95.6 Å². The Kier molecular flexibility index (Phi) is 6.58. The first-order chi connectivity index (χ1) is 14.2. The highest BCUT2D eigenvalue weighted by Gasteiger charge is 2.35. The third-order valence-electron chi connectivity index (χ3n) is 5.24. The quantitative estimate of drug-likeness (QED) is 0.707. The molecule has 30 heavy (non-hydrogen) atoms. The minimum atomic E-state index is -3.59. The standard InChI is InChI=1S/C22H27N3O4S/c1-4-16(3)24-30(28,29)20-11-7-18(8-12-20)23-22(27)17-13-21(26)25(14-17)19-9-5-15(2)6-10-19/h5-12,16-17,24H,4,13-14H2,1-3H3,(H,23,27)/t16-,17-/m1/s1. The van der Waals surface area contributed by atoms with Crippen LogP contribution < -0.4 is 14.9 Å². The van der Waals surface area contributed by atoms with Gasteiger partial charge in [-0.2, -0.15) is 0 Å². The highest BCUT2D eigenvalue weighted by Crippen LogP contribution is 2.26. The van der Waals surface area contributed by atoms with Crippen molar-refractivity contribution in [2.24, 2.45) is 5.92 Å². The molecule has 3 rings (SSSR count). The average molecular weight is 430 g/mol. The van der Waals surface area contributed by atoms with Gasteiger partial charge in [-0.25, -0.2) is 13.1 Å². The second kappa shape index (κ2) is 8.97. The summed E-state index contributed by atoms with van der Waals surface area (Å²) in [6.07, 6.45) is 0.831. The van der Waals surface area contributed by atoms with E-state index in [0.29, 0.717) is 18.7 Å². The molecule has 8 heteroatoms. The minimum Gasteiger partial charge on any atom is -0.326 e. The second-order valence-electron chi connectivity index (χ2n) is 7.69. The number of hydrogen-bond acceptors (Lipinski definition) is 4. The molecule has 7 nitrogen and oxygen atoms in total. The Labute approximate surface area is 177 Å². The van der Waals surface area contributed by atoms with Gasteiger partial charge in [0.05, 0.1) is 10.8 Å². The van der Waals surface area contributed by atoms with Crippen LogP contribution >= 0.6 is 0 Å². The van der Waals surface area contributed by atoms with E-state index in [1.165, 1.54) is 12.1 Å². The fraction of sp³-hybridized carbons (Fsp3) is 0.364. The number of carbonyl (C=O) groups excluding carboxylic acids is 2. The van der Waals surface area contributed by atoms with Crippen LogP contribution in [0.5, 0.6) is 0 Å². The number of amides is 2. The van der Waals surface area contributed by atoms with Crippen molar-refractivity contribution >= 4 is 33.2 Å². The van der Waals surface area contributed by atoms with Gasteiger partial charge >= 0.3 is 0 Å². The summed E-state index contributed by atoms with van der Waals surface area (Å²) < 4.78 is 27.3. The largest absolute Gasteiger partial charge is 0.326 e. The van der Waals surface area contributed by atoms with E-state index in [2.05, 4.69) is 10.0 Å². The molecule has 1 aliphatic rings. The van der Waals surface area contributed by atoms with Gasteiger partial charge in [-0.3, -0.25) is 9.59 Å². The highest BCUT2D eigenvalue weighted by atomic mass is 32.2. The zero-order chi connectivity index (χ0) is 21.9. The van der Waals surface area contributed by atoms with Gasteiger partial charge in [-0.05, 0) is 56.7 Å². The maximum atomic E-state index is 12.6. The summed E-state index contributed by atoms with van der Waals surface area (Å²) in [5, 5.41) is 2.78. The van der Waals surface area contributed by atoms with Crippen molar-refractivity contribution < 1.29 is 18.0 Å². The Morgan fingerprint density at radius 2 is 1.77 bits per heavy atom. The molecule has 1 aliphatic heterocycles. The summed E-state index contributed by atoms with van der Waals surface area (Å²) >= 11 is 0. The normalized spacial score (nSPS) is 17.8. The van der Waals surface area contributed by atoms with E-state index in [-0.39, 0.29) is 29.2 Å². The summed E-state index contributed by atoms with van der Waals surface area (Å²) in [7, 11) is -3.59. The smallest absolute Gasteiger partial charge is 0.240 e. The van der Waals surface area contributed by atoms with Crippen molar-refractivity contribution in [1.29, 1.82) is 0 Å². The predicted octanol–water partition coefficient (Wildman–Crippen LogP) is 3.06. The van der Waals surface area contributed by atoms with Gasteiger partial charge in [0.1, 0.15) is 0 Å². The van der Waals surface area contributed by atoms with Crippen LogP contribution in [0.3, 0.4) is 0 Å². The van der Waals surface area contributed by atoms with E-state index < -0.39 is 15.9 Å². The molecule has 2 N–H and O–H groups in total. The first-order valence-corrected chi connectivity index (χ1v) is 11.5. The number of nitrogens with one attached hydrogen (secondary N) is 2. The van der Waals surface area contributed by atoms with Crippen LogP contribution in [0.4, 0.5) is 11.4 Å². The van der Waals surface area contributed by atoms with Crippen LogP contribution in [0.25, 0.3) is 0 Å². The van der Waals surface area contributed by atoms with Crippen LogP contribution in [0.2, 0.25) is 0 Å². The van der Waals surface area contributed by atoms with Gasteiger partial charge in [0.25, 0.3) is 0 Å². The Bertz CT molecular complexity index is 1020. The molecule has 0 unspecified atom stereocenters. The number of carbonyl (C=O) groups is 2. The molecule has 1 fully saturated rings. The van der Waals surface area contributed by atoms with Crippen LogP contribution in [0.1, 0.15) is 32.3 Å². The fourth-order valence-electron chi connectivity index (χ4n) is 3.24. The van der Waals surface area contributed by atoms with Gasteiger partial charge in [-0.15, -0.1) is 0 Å². The number of aryl methyl sites for hydroxylation is 1. The first kappa shape index (κ1) is 22.0. The Hall–Kier alpha value is -2.71. The molecule has 2 amide bonds. The maximum absolute atomic E-state index is 12.6. The molecular formula is C22H27N3O4S. The number of benzene rings is 2. The molecule has 1 saturated heterocycles. The Morgan fingerprint density at radius 1 is 1.13 bits per heavy atom. The Balaban J connectivity index is 1.63. The predicted molar refractivity (Wildman–Crippen MR) is 117 cm³/mol. The summed E-state index contributed by atoms with van der Waals surface area (Å²) in [4.78, 5) is 26.8. The number of rotatable bonds is 7. The monoisotopic (exact) mass is 429 g/mol. The van der Waals surface area contributed by atoms with E-state index in [4.69, 9.17) is 0 Å². The molecule has 0 spiro atoms. The van der Waals surface area contributed by atoms with Crippen molar-refractivity contribution in [3.63, 3.8) is 0 Å². The maximum Gasteiger partial charge on any atom is 0.240 e. The molecule has 0 radical (unpaired) electrons. The van der Waals surface area contributed by atoms with Crippen LogP contribution in [-0.4, -0.2) is 32.8 Å². The molecule has 2 aromatic rings. The summed E-state index contributed by atoms with van der Waals surface area (Å²) in [6.45, 7) is 6.00. The SMILES string of the molecule is CC[C@@H](C)NS(=O)(=O)c1ccc(NC(=O)[C@@H]2CC(=O)N(c3ccc(C)cc3)C2)cc1. The molecule has 2 aromatic carbocycles. The van der Waals surface area contributed by atoms with Crippen molar-refractivity contribution in [3.8, 4) is 0 Å². The Morgan fingerprint density at radius 3 is 2.37 bits per heavy atom. The number of hydrogen-bond donors (Lipinski definition) is 2. The minimum absolute atomic E-state index is 0.0865. The van der Waals surface area contributed by atoms with Crippen molar-refractivity contribution in [1.82, 2.24) is 4.72 Å². The lowest BCUT2D eigenvalue weighted by Crippen LogP contribution is -2.32. The van der Waals surface area contributed by atoms with Gasteiger partial charge < -0.3 is 10.2 Å². The highest BCUT2D eigenvalue weighted by molar-refractivity contribution is 7.89. The van der Waals surface area contributed by atoms with Crippen molar-refractivity contribution in [3.05, 3.63) is 54.1 Å². The molecular weight excluding hydrogens is 402 g/mol. The third-order valence-corrected chi connectivity index (χ3v) is 6.85. The van der Waals surface area contributed by atoms with E-state index >= 15 is 0 Å². The van der Waals surface area contributed by atoms with Crippen molar-refractivity contribution in [2.75, 3.05) is 16.8 Å². The van der Waals surface area contributed by atoms with E-state index in [9.17, 15) is 18.0 Å². The number of anilines is 2. The molecule has 0 aromatic heterocycles. The third kappa shape index (κ3) is 5.06. The summed E-state index contributed by atoms with van der Waals surface area (Å²) in [5.74, 6) is -0.808. The lowest BCUT2D eigenvalue weighted by atomic mass is 10.1. The average Bonchev–Trinajstić information content (AvgIpc) is 3.10. The van der Waals surface area contributed by atoms with Gasteiger partial charge in [0.2, 0.25) is 21.8 Å². The number of sulfonamides is 1. The van der Waals surface area contributed by atoms with E-state index in [0.717, 1.165) is 11.3 Å². The zero-order valence-electron chi connectivity index (χ0n) is 17.4. The molecule has 160 valence electrons. The fourth-order valence-corrected chi connectivity index (χ4v) is 4.56. The number of nitrogens with zero attached hydrogens (tertiary/aromatic N) is 1. The zero-order valence-corrected chi connectivity index (χ0v) is 18.2. The summed E-state index contributed by atoms with van der Waals surface area (Å²) in [6, 6.07) is 13.5. The van der Waals surface area contributed by atoms with Crippen molar-refractivity contribution in [2.45, 2.75) is 44.6 Å². The lowest BCUT2D eigenvalue weighted by Gasteiger charge is -2.17. The van der Waals surface area contributed by atoms with Gasteiger partial charge in [0.15, 0.2) is 0 Å². The molecule has 1 heterocycles. The lowest BCUT2D eigenvalue weighted by molar-refractivity contribution is -0.122. The van der Waals surface area contributed by atoms with Gasteiger partial charge in [-0.1, -0.05) is 24.6 Å². The molecule has 2 atom stereocenters. The second-order valence-corrected chi connectivity index (χ2v) is 9.40. The first-order valence-electron chi connectivity index (χ1n) is 10.00. The van der Waals surface area contributed by atoms with Gasteiger partial charge in [0, 0.05) is 30.4 Å². The van der Waals surface area contributed by atoms with Crippen LogP contribution in [-0.2, 0) is 19.6 Å². The summed E-state index contributed by atoms with van der Waals surface area (Å²) in [5.41, 5.74) is 2.37. The van der Waals surface area contributed by atoms with Crippen LogP contribution in [0.15, 0.2) is 53.4 Å². The van der Waals surface area contributed by atoms with Crippen LogP contribution in [0, 0.1) is 12.8 Å². The van der Waals surface area contributed by atoms with E-state index in [1.807, 2.05) is 38.1 Å². The molecule has 0 aliphatic carbocycles. The molecule has 0 saturated carbocycles. The molecule has 0 bridgehead atoms. The van der Waals surface area contributed by atoms with E-state index in [1.54, 1.807) is 24.0 Å².